The molecule has 0 fully saturated rings. The number of hydrogen-bond acceptors (Lipinski definition) is 3. The fourth-order valence-corrected chi connectivity index (χ4v) is 3.84. The highest BCUT2D eigenvalue weighted by atomic mass is 32.2. The average Bonchev–Trinajstić information content (AvgIpc) is 2.25. The Hall–Kier alpha value is -0.870. The van der Waals surface area contributed by atoms with Gasteiger partial charge >= 0.3 is 0 Å². The largest absolute Gasteiger partial charge is 0.316 e. The average molecular weight is 255 g/mol. The van der Waals surface area contributed by atoms with Crippen molar-refractivity contribution in [3.63, 3.8) is 0 Å². The van der Waals surface area contributed by atoms with E-state index in [1.807, 2.05) is 32.9 Å². The Morgan fingerprint density at radius 2 is 1.94 bits per heavy atom. The number of sulfone groups is 1. The third kappa shape index (κ3) is 3.54. The van der Waals surface area contributed by atoms with E-state index in [-0.39, 0.29) is 11.8 Å². The minimum Gasteiger partial charge on any atom is -0.316 e. The molecule has 0 heterocycles. The molecule has 0 radical (unpaired) electrons. The van der Waals surface area contributed by atoms with Crippen molar-refractivity contribution in [2.75, 3.05) is 12.8 Å². The fourth-order valence-electron chi connectivity index (χ4n) is 1.91. The minimum absolute atomic E-state index is 0.0145. The highest BCUT2D eigenvalue weighted by molar-refractivity contribution is 7.91. The molecule has 0 aliphatic carbocycles. The lowest BCUT2D eigenvalue weighted by Gasteiger charge is -2.15. The highest BCUT2D eigenvalue weighted by Gasteiger charge is 2.20. The molecule has 1 aromatic rings. The van der Waals surface area contributed by atoms with Gasteiger partial charge in [0.15, 0.2) is 9.84 Å². The van der Waals surface area contributed by atoms with Gasteiger partial charge in [0.25, 0.3) is 0 Å². The molecular weight excluding hydrogens is 234 g/mol. The topological polar surface area (TPSA) is 46.2 Å². The van der Waals surface area contributed by atoms with Crippen LogP contribution in [-0.4, -0.2) is 27.3 Å². The summed E-state index contributed by atoms with van der Waals surface area (Å²) in [6, 6.07) is 5.48. The number of hydrogen-bond donors (Lipinski definition) is 1. The SMILES string of the molecule is CCC(CS(=O)(=O)c1ccc(C)cc1C)NC. The first-order valence-corrected chi connectivity index (χ1v) is 7.53. The van der Waals surface area contributed by atoms with Gasteiger partial charge in [-0.15, -0.1) is 0 Å². The van der Waals surface area contributed by atoms with Crippen molar-refractivity contribution in [1.82, 2.24) is 5.32 Å². The molecule has 0 aliphatic heterocycles. The number of nitrogens with one attached hydrogen (secondary N) is 1. The van der Waals surface area contributed by atoms with E-state index in [4.69, 9.17) is 0 Å². The minimum atomic E-state index is -3.19. The molecule has 1 unspecified atom stereocenters. The van der Waals surface area contributed by atoms with E-state index in [0.29, 0.717) is 4.90 Å². The Bertz CT molecular complexity index is 476. The molecule has 0 aromatic heterocycles. The summed E-state index contributed by atoms with van der Waals surface area (Å²) in [5.74, 6) is 0.157. The molecule has 0 saturated heterocycles. The molecule has 1 N–H and O–H groups in total. The van der Waals surface area contributed by atoms with Gasteiger partial charge in [0, 0.05) is 6.04 Å². The van der Waals surface area contributed by atoms with Crippen LogP contribution < -0.4 is 5.32 Å². The zero-order valence-corrected chi connectivity index (χ0v) is 11.8. The van der Waals surface area contributed by atoms with E-state index >= 15 is 0 Å². The maximum Gasteiger partial charge on any atom is 0.180 e. The summed E-state index contributed by atoms with van der Waals surface area (Å²) in [4.78, 5) is 0.455. The first-order valence-electron chi connectivity index (χ1n) is 5.88. The first kappa shape index (κ1) is 14.2. The first-order chi connectivity index (χ1) is 7.90. The summed E-state index contributed by atoms with van der Waals surface area (Å²) in [6.45, 7) is 5.80. The summed E-state index contributed by atoms with van der Waals surface area (Å²) < 4.78 is 24.5. The van der Waals surface area contributed by atoms with Gasteiger partial charge in [0.1, 0.15) is 0 Å². The predicted octanol–water partition coefficient (Wildman–Crippen LogP) is 2.08. The molecule has 1 aromatic carbocycles. The van der Waals surface area contributed by atoms with Gasteiger partial charge in [-0.3, -0.25) is 0 Å². The summed E-state index contributed by atoms with van der Waals surface area (Å²) in [6.07, 6.45) is 0.806. The third-order valence-electron chi connectivity index (χ3n) is 2.99. The van der Waals surface area contributed by atoms with Crippen LogP contribution in [0.4, 0.5) is 0 Å². The van der Waals surface area contributed by atoms with Crippen LogP contribution in [0.1, 0.15) is 24.5 Å². The Morgan fingerprint density at radius 1 is 1.29 bits per heavy atom. The van der Waals surface area contributed by atoms with E-state index in [1.54, 1.807) is 13.1 Å². The third-order valence-corrected chi connectivity index (χ3v) is 4.96. The van der Waals surface area contributed by atoms with E-state index < -0.39 is 9.84 Å². The molecule has 0 spiro atoms. The van der Waals surface area contributed by atoms with E-state index in [9.17, 15) is 8.42 Å². The van der Waals surface area contributed by atoms with Crippen LogP contribution in [-0.2, 0) is 9.84 Å². The molecule has 0 saturated carbocycles. The van der Waals surface area contributed by atoms with Gasteiger partial charge in [0.2, 0.25) is 0 Å². The van der Waals surface area contributed by atoms with Crippen LogP contribution >= 0.6 is 0 Å². The summed E-state index contributed by atoms with van der Waals surface area (Å²) in [7, 11) is -1.40. The second-order valence-corrected chi connectivity index (χ2v) is 6.45. The van der Waals surface area contributed by atoms with Crippen molar-refractivity contribution < 1.29 is 8.42 Å². The molecule has 0 amide bonds. The Labute approximate surface area is 104 Å². The molecule has 1 rings (SSSR count). The van der Waals surface area contributed by atoms with Gasteiger partial charge in [-0.25, -0.2) is 8.42 Å². The van der Waals surface area contributed by atoms with E-state index in [1.165, 1.54) is 0 Å². The predicted molar refractivity (Wildman–Crippen MR) is 71.1 cm³/mol. The molecule has 4 heteroatoms. The van der Waals surface area contributed by atoms with Crippen molar-refractivity contribution in [1.29, 1.82) is 0 Å². The van der Waals surface area contributed by atoms with Crippen molar-refractivity contribution in [3.05, 3.63) is 29.3 Å². The van der Waals surface area contributed by atoms with Crippen LogP contribution in [0.3, 0.4) is 0 Å². The monoisotopic (exact) mass is 255 g/mol. The lowest BCUT2D eigenvalue weighted by Crippen LogP contribution is -2.32. The van der Waals surface area contributed by atoms with Crippen LogP contribution in [0.25, 0.3) is 0 Å². The molecule has 0 aliphatic rings. The number of aryl methyl sites for hydroxylation is 2. The Morgan fingerprint density at radius 3 is 2.41 bits per heavy atom. The second-order valence-electron chi connectivity index (χ2n) is 4.44. The summed E-state index contributed by atoms with van der Waals surface area (Å²) in [5.41, 5.74) is 1.91. The van der Waals surface area contributed by atoms with Crippen LogP contribution in [0.15, 0.2) is 23.1 Å². The number of rotatable bonds is 5. The van der Waals surface area contributed by atoms with Crippen molar-refractivity contribution in [3.8, 4) is 0 Å². The van der Waals surface area contributed by atoms with Gasteiger partial charge in [0.05, 0.1) is 10.6 Å². The van der Waals surface area contributed by atoms with Gasteiger partial charge in [-0.2, -0.15) is 0 Å². The summed E-state index contributed by atoms with van der Waals surface area (Å²) in [5, 5.41) is 3.03. The second kappa shape index (κ2) is 5.65. The van der Waals surface area contributed by atoms with Gasteiger partial charge < -0.3 is 5.32 Å². The quantitative estimate of drug-likeness (QED) is 0.876. The molecule has 17 heavy (non-hydrogen) atoms. The van der Waals surface area contributed by atoms with Crippen LogP contribution in [0.2, 0.25) is 0 Å². The smallest absolute Gasteiger partial charge is 0.180 e. The number of benzene rings is 1. The maximum atomic E-state index is 12.3. The van der Waals surface area contributed by atoms with Crippen LogP contribution in [0.5, 0.6) is 0 Å². The van der Waals surface area contributed by atoms with E-state index in [2.05, 4.69) is 5.32 Å². The molecule has 96 valence electrons. The molecular formula is C13H21NO2S. The molecule has 3 nitrogen and oxygen atoms in total. The van der Waals surface area contributed by atoms with Crippen LogP contribution in [0, 0.1) is 13.8 Å². The van der Waals surface area contributed by atoms with Crippen molar-refractivity contribution in [2.45, 2.75) is 38.1 Å². The molecule has 0 bridgehead atoms. The zero-order chi connectivity index (χ0) is 13.1. The highest BCUT2D eigenvalue weighted by Crippen LogP contribution is 2.19. The lowest BCUT2D eigenvalue weighted by molar-refractivity contribution is 0.555. The van der Waals surface area contributed by atoms with Crippen molar-refractivity contribution >= 4 is 9.84 Å². The van der Waals surface area contributed by atoms with Gasteiger partial charge in [-0.1, -0.05) is 24.6 Å². The standard InChI is InChI=1S/C13H21NO2S/c1-5-12(14-4)9-17(15,16)13-7-6-10(2)8-11(13)3/h6-8,12,14H,5,9H2,1-4H3. The van der Waals surface area contributed by atoms with Crippen molar-refractivity contribution in [2.24, 2.45) is 0 Å². The summed E-state index contributed by atoms with van der Waals surface area (Å²) >= 11 is 0. The lowest BCUT2D eigenvalue weighted by atomic mass is 10.2. The normalized spacial score (nSPS) is 13.6. The van der Waals surface area contributed by atoms with E-state index in [0.717, 1.165) is 17.5 Å². The molecule has 1 atom stereocenters. The Balaban J connectivity index is 3.05. The Kier molecular flexibility index (Phi) is 4.71. The van der Waals surface area contributed by atoms with Gasteiger partial charge in [-0.05, 0) is 38.9 Å². The zero-order valence-electron chi connectivity index (χ0n) is 10.9. The maximum absolute atomic E-state index is 12.3. The fraction of sp³-hybridized carbons (Fsp3) is 0.538.